The van der Waals surface area contributed by atoms with Gasteiger partial charge < -0.3 is 15.5 Å². The molecular weight excluding hydrogens is 306 g/mol. The molecule has 0 spiro atoms. The summed E-state index contributed by atoms with van der Waals surface area (Å²) in [5.41, 5.74) is 0.714. The average molecular weight is 331 g/mol. The molecule has 1 saturated heterocycles. The predicted octanol–water partition coefficient (Wildman–Crippen LogP) is 2.30. The third-order valence-corrected chi connectivity index (χ3v) is 3.95. The summed E-state index contributed by atoms with van der Waals surface area (Å²) in [5.74, 6) is -0.439. The van der Waals surface area contributed by atoms with Crippen LogP contribution < -0.4 is 15.5 Å². The van der Waals surface area contributed by atoms with Crippen molar-refractivity contribution in [3.8, 4) is 0 Å². The van der Waals surface area contributed by atoms with Crippen LogP contribution in [0.5, 0.6) is 0 Å². The lowest BCUT2D eigenvalue weighted by Crippen LogP contribution is -2.46. The van der Waals surface area contributed by atoms with Gasteiger partial charge in [0.05, 0.1) is 11.4 Å². The van der Waals surface area contributed by atoms with Crippen molar-refractivity contribution in [3.05, 3.63) is 24.3 Å². The molecule has 0 radical (unpaired) electrons. The number of benzene rings is 1. The van der Waals surface area contributed by atoms with Gasteiger partial charge in [-0.2, -0.15) is 0 Å². The SMILES string of the molecule is CC(NC(=O)C(C)(C)C)C(=O)Nc1ccccc1N1CCCC1=O. The zero-order valence-electron chi connectivity index (χ0n) is 14.7. The van der Waals surface area contributed by atoms with Crippen molar-refractivity contribution < 1.29 is 14.4 Å². The molecule has 1 aliphatic heterocycles. The lowest BCUT2D eigenvalue weighted by atomic mass is 9.95. The molecule has 1 atom stereocenters. The molecule has 1 unspecified atom stereocenters. The molecule has 130 valence electrons. The Morgan fingerprint density at radius 3 is 2.46 bits per heavy atom. The Morgan fingerprint density at radius 1 is 1.21 bits per heavy atom. The second-order valence-corrected chi connectivity index (χ2v) is 7.10. The molecule has 1 aliphatic rings. The van der Waals surface area contributed by atoms with E-state index in [1.165, 1.54) is 0 Å². The first-order chi connectivity index (χ1) is 11.2. The lowest BCUT2D eigenvalue weighted by Gasteiger charge is -2.23. The zero-order chi connectivity index (χ0) is 17.9. The van der Waals surface area contributed by atoms with E-state index in [0.29, 0.717) is 24.3 Å². The van der Waals surface area contributed by atoms with Gasteiger partial charge in [-0.05, 0) is 25.5 Å². The molecule has 1 heterocycles. The molecule has 0 saturated carbocycles. The summed E-state index contributed by atoms with van der Waals surface area (Å²) >= 11 is 0. The van der Waals surface area contributed by atoms with E-state index in [2.05, 4.69) is 10.6 Å². The fourth-order valence-corrected chi connectivity index (χ4v) is 2.44. The number of carbonyl (C=O) groups excluding carboxylic acids is 3. The highest BCUT2D eigenvalue weighted by atomic mass is 16.2. The van der Waals surface area contributed by atoms with Gasteiger partial charge in [0.25, 0.3) is 0 Å². The van der Waals surface area contributed by atoms with E-state index in [9.17, 15) is 14.4 Å². The Balaban J connectivity index is 2.09. The highest BCUT2D eigenvalue weighted by Gasteiger charge is 2.27. The number of hydrogen-bond donors (Lipinski definition) is 2. The molecule has 2 rings (SSSR count). The van der Waals surface area contributed by atoms with E-state index in [-0.39, 0.29) is 17.7 Å². The Hall–Kier alpha value is -2.37. The summed E-state index contributed by atoms with van der Waals surface area (Å²) in [7, 11) is 0. The first kappa shape index (κ1) is 18.0. The van der Waals surface area contributed by atoms with E-state index >= 15 is 0 Å². The number of anilines is 2. The Kier molecular flexibility index (Phi) is 5.26. The maximum Gasteiger partial charge on any atom is 0.246 e. The fourth-order valence-electron chi connectivity index (χ4n) is 2.44. The number of hydrogen-bond acceptors (Lipinski definition) is 3. The quantitative estimate of drug-likeness (QED) is 0.888. The molecule has 1 aromatic carbocycles. The minimum Gasteiger partial charge on any atom is -0.344 e. The summed E-state index contributed by atoms with van der Waals surface area (Å²) in [6.07, 6.45) is 1.35. The van der Waals surface area contributed by atoms with Gasteiger partial charge in [-0.25, -0.2) is 0 Å². The van der Waals surface area contributed by atoms with Crippen molar-refractivity contribution in [1.82, 2.24) is 5.32 Å². The van der Waals surface area contributed by atoms with Gasteiger partial charge in [0.2, 0.25) is 17.7 Å². The Labute approximate surface area is 142 Å². The molecule has 6 heteroatoms. The van der Waals surface area contributed by atoms with E-state index in [1.807, 2.05) is 12.1 Å². The molecule has 1 aromatic rings. The first-order valence-corrected chi connectivity index (χ1v) is 8.21. The largest absolute Gasteiger partial charge is 0.344 e. The van der Waals surface area contributed by atoms with Crippen LogP contribution in [0.25, 0.3) is 0 Å². The van der Waals surface area contributed by atoms with Gasteiger partial charge in [-0.1, -0.05) is 32.9 Å². The summed E-state index contributed by atoms with van der Waals surface area (Å²) in [4.78, 5) is 38.0. The fraction of sp³-hybridized carbons (Fsp3) is 0.500. The smallest absolute Gasteiger partial charge is 0.246 e. The van der Waals surface area contributed by atoms with Crippen molar-refractivity contribution in [1.29, 1.82) is 0 Å². The molecule has 6 nitrogen and oxygen atoms in total. The van der Waals surface area contributed by atoms with E-state index in [0.717, 1.165) is 6.42 Å². The van der Waals surface area contributed by atoms with Crippen molar-refractivity contribution >= 4 is 29.1 Å². The van der Waals surface area contributed by atoms with Gasteiger partial charge in [0.1, 0.15) is 6.04 Å². The van der Waals surface area contributed by atoms with Gasteiger partial charge in [-0.15, -0.1) is 0 Å². The molecule has 3 amide bonds. The van der Waals surface area contributed by atoms with Gasteiger partial charge >= 0.3 is 0 Å². The maximum absolute atomic E-state index is 12.4. The van der Waals surface area contributed by atoms with Gasteiger partial charge in [0, 0.05) is 18.4 Å². The number of amides is 3. The van der Waals surface area contributed by atoms with Crippen molar-refractivity contribution in [2.24, 2.45) is 5.41 Å². The highest BCUT2D eigenvalue weighted by Crippen LogP contribution is 2.29. The van der Waals surface area contributed by atoms with E-state index < -0.39 is 11.5 Å². The molecule has 0 aliphatic carbocycles. The molecule has 1 fully saturated rings. The second-order valence-electron chi connectivity index (χ2n) is 7.10. The monoisotopic (exact) mass is 331 g/mol. The molecule has 0 bridgehead atoms. The van der Waals surface area contributed by atoms with Crippen LogP contribution in [0.2, 0.25) is 0 Å². The van der Waals surface area contributed by atoms with E-state index in [1.54, 1.807) is 44.7 Å². The second kappa shape index (κ2) is 7.03. The molecule has 0 aromatic heterocycles. The van der Waals surface area contributed by atoms with Crippen molar-refractivity contribution in [3.63, 3.8) is 0 Å². The Bertz CT molecular complexity index is 649. The van der Waals surface area contributed by atoms with Crippen LogP contribution in [0.4, 0.5) is 11.4 Å². The summed E-state index contributed by atoms with van der Waals surface area (Å²) < 4.78 is 0. The minimum atomic E-state index is -0.668. The Morgan fingerprint density at radius 2 is 1.88 bits per heavy atom. The summed E-state index contributed by atoms with van der Waals surface area (Å²) in [5, 5.41) is 5.52. The molecule has 2 N–H and O–H groups in total. The predicted molar refractivity (Wildman–Crippen MR) is 93.7 cm³/mol. The first-order valence-electron chi connectivity index (χ1n) is 8.21. The standard InChI is InChI=1S/C18H25N3O3/c1-12(19-17(24)18(2,3)4)16(23)20-13-8-5-6-9-14(13)21-11-7-10-15(21)22/h5-6,8-9,12H,7,10-11H2,1-4H3,(H,19,24)(H,20,23). The van der Waals surface area contributed by atoms with Crippen molar-refractivity contribution in [2.45, 2.75) is 46.6 Å². The minimum absolute atomic E-state index is 0.0609. The van der Waals surface area contributed by atoms with Crippen LogP contribution in [0, 0.1) is 5.41 Å². The number of carbonyl (C=O) groups is 3. The van der Waals surface area contributed by atoms with Crippen molar-refractivity contribution in [2.75, 3.05) is 16.8 Å². The van der Waals surface area contributed by atoms with Crippen LogP contribution in [-0.2, 0) is 14.4 Å². The number of rotatable bonds is 4. The summed E-state index contributed by atoms with van der Waals surface area (Å²) in [6.45, 7) is 7.67. The van der Waals surface area contributed by atoms with Gasteiger partial charge in [-0.3, -0.25) is 14.4 Å². The third kappa shape index (κ3) is 4.13. The number of nitrogens with zero attached hydrogens (tertiary/aromatic N) is 1. The highest BCUT2D eigenvalue weighted by molar-refractivity contribution is 6.04. The van der Waals surface area contributed by atoms with Crippen LogP contribution in [-0.4, -0.2) is 30.3 Å². The van der Waals surface area contributed by atoms with Crippen LogP contribution in [0.15, 0.2) is 24.3 Å². The summed E-state index contributed by atoms with van der Waals surface area (Å²) in [6, 6.07) is 6.55. The molecular formula is C18H25N3O3. The van der Waals surface area contributed by atoms with E-state index in [4.69, 9.17) is 0 Å². The lowest BCUT2D eigenvalue weighted by molar-refractivity contribution is -0.131. The normalized spacial score (nSPS) is 16.0. The maximum atomic E-state index is 12.4. The molecule has 24 heavy (non-hydrogen) atoms. The van der Waals surface area contributed by atoms with Crippen LogP contribution >= 0.6 is 0 Å². The topological polar surface area (TPSA) is 78.5 Å². The third-order valence-electron chi connectivity index (χ3n) is 3.95. The zero-order valence-corrected chi connectivity index (χ0v) is 14.7. The van der Waals surface area contributed by atoms with Gasteiger partial charge in [0.15, 0.2) is 0 Å². The average Bonchev–Trinajstić information content (AvgIpc) is 2.92. The van der Waals surface area contributed by atoms with Crippen LogP contribution in [0.3, 0.4) is 0 Å². The van der Waals surface area contributed by atoms with Crippen LogP contribution in [0.1, 0.15) is 40.5 Å². The number of para-hydroxylation sites is 2. The number of nitrogens with one attached hydrogen (secondary N) is 2.